The molecule has 1 aliphatic rings. The number of amides is 2. The Bertz CT molecular complexity index is 612. The van der Waals surface area contributed by atoms with Gasteiger partial charge in [-0.1, -0.05) is 18.2 Å². The van der Waals surface area contributed by atoms with Crippen LogP contribution in [0.25, 0.3) is 0 Å². The zero-order valence-electron chi connectivity index (χ0n) is 13.7. The number of nitrogens with one attached hydrogen (secondary N) is 1. The maximum Gasteiger partial charge on any atom is 0.313 e. The number of carbonyl (C=O) groups excluding carboxylic acids is 2. The molecule has 1 heterocycles. The third-order valence-electron chi connectivity index (χ3n) is 4.02. The Morgan fingerprint density at radius 1 is 1.21 bits per heavy atom. The third-order valence-corrected chi connectivity index (χ3v) is 4.93. The van der Waals surface area contributed by atoms with Crippen molar-refractivity contribution in [3.63, 3.8) is 0 Å². The van der Waals surface area contributed by atoms with Gasteiger partial charge in [0.2, 0.25) is 5.91 Å². The molecule has 1 aromatic rings. The van der Waals surface area contributed by atoms with Crippen molar-refractivity contribution in [3.05, 3.63) is 35.4 Å². The Hall–Kier alpha value is -2.02. The molecule has 7 heteroatoms. The van der Waals surface area contributed by atoms with Crippen LogP contribution >= 0.6 is 11.8 Å². The number of hydrogen-bond acceptors (Lipinski definition) is 4. The van der Waals surface area contributed by atoms with Crippen LogP contribution in [0.4, 0.5) is 0 Å². The van der Waals surface area contributed by atoms with Crippen molar-refractivity contribution in [2.75, 3.05) is 24.6 Å². The maximum atomic E-state index is 12.3. The highest BCUT2D eigenvalue weighted by Crippen LogP contribution is 2.14. The zero-order valence-corrected chi connectivity index (χ0v) is 14.5. The molecular formula is C17H22N2O4S. The number of nitrogens with zero attached hydrogens (tertiary/aromatic N) is 1. The lowest BCUT2D eigenvalue weighted by molar-refractivity contribution is -0.133. The second-order valence-electron chi connectivity index (χ2n) is 5.83. The maximum absolute atomic E-state index is 12.3. The van der Waals surface area contributed by atoms with Crippen LogP contribution in [0.5, 0.6) is 0 Å². The van der Waals surface area contributed by atoms with Gasteiger partial charge in [0.1, 0.15) is 0 Å². The summed E-state index contributed by atoms with van der Waals surface area (Å²) in [6, 6.07) is 7.53. The monoisotopic (exact) mass is 350 g/mol. The number of benzene rings is 1. The Morgan fingerprint density at radius 3 is 2.50 bits per heavy atom. The third kappa shape index (κ3) is 5.26. The molecule has 0 unspecified atom stereocenters. The summed E-state index contributed by atoms with van der Waals surface area (Å²) in [6.45, 7) is 3.08. The lowest BCUT2D eigenvalue weighted by Gasteiger charge is -2.32. The van der Waals surface area contributed by atoms with Crippen molar-refractivity contribution in [3.8, 4) is 0 Å². The molecule has 2 rings (SSSR count). The van der Waals surface area contributed by atoms with Crippen LogP contribution in [0.1, 0.15) is 28.8 Å². The summed E-state index contributed by atoms with van der Waals surface area (Å²) in [7, 11) is 0. The lowest BCUT2D eigenvalue weighted by atomic mass is 10.0. The molecule has 6 nitrogen and oxygen atoms in total. The van der Waals surface area contributed by atoms with Crippen LogP contribution in [0.3, 0.4) is 0 Å². The van der Waals surface area contributed by atoms with Crippen LogP contribution < -0.4 is 5.32 Å². The van der Waals surface area contributed by atoms with Crippen molar-refractivity contribution in [1.82, 2.24) is 10.2 Å². The smallest absolute Gasteiger partial charge is 0.313 e. The number of piperidine rings is 1. The standard InChI is InChI=1S/C17H22N2O4S/c1-12-4-2-3-5-14(12)17(23)18-13-6-8-19(9-7-13)15(20)10-24-11-16(21)22/h2-5,13H,6-11H2,1H3,(H,18,23)(H,21,22). The minimum absolute atomic E-state index is 0.0371. The van der Waals surface area contributed by atoms with Crippen molar-refractivity contribution in [2.45, 2.75) is 25.8 Å². The number of carboxylic acids is 1. The van der Waals surface area contributed by atoms with E-state index < -0.39 is 5.97 Å². The molecule has 0 saturated carbocycles. The Balaban J connectivity index is 1.76. The first-order valence-corrected chi connectivity index (χ1v) is 9.06. The van der Waals surface area contributed by atoms with E-state index in [0.29, 0.717) is 31.5 Å². The molecular weight excluding hydrogens is 328 g/mol. The number of likely N-dealkylation sites (tertiary alicyclic amines) is 1. The summed E-state index contributed by atoms with van der Waals surface area (Å²) < 4.78 is 0. The number of carboxylic acid groups (broad SMARTS) is 1. The molecule has 130 valence electrons. The second kappa shape index (κ2) is 8.73. The van der Waals surface area contributed by atoms with Gasteiger partial charge in [0.15, 0.2) is 0 Å². The van der Waals surface area contributed by atoms with Gasteiger partial charge < -0.3 is 15.3 Å². The van der Waals surface area contributed by atoms with Crippen LogP contribution in [0, 0.1) is 6.92 Å². The van der Waals surface area contributed by atoms with E-state index in [4.69, 9.17) is 5.11 Å². The zero-order chi connectivity index (χ0) is 17.5. The summed E-state index contributed by atoms with van der Waals surface area (Å²) in [5.74, 6) is -0.897. The van der Waals surface area contributed by atoms with E-state index in [0.717, 1.165) is 17.3 Å². The molecule has 0 aromatic heterocycles. The Kier molecular flexibility index (Phi) is 6.66. The molecule has 2 N–H and O–H groups in total. The average molecular weight is 350 g/mol. The molecule has 0 spiro atoms. The summed E-state index contributed by atoms with van der Waals surface area (Å²) in [6.07, 6.45) is 1.43. The van der Waals surface area contributed by atoms with Crippen LogP contribution in [0.2, 0.25) is 0 Å². The molecule has 1 saturated heterocycles. The number of rotatable bonds is 6. The number of carbonyl (C=O) groups is 3. The van der Waals surface area contributed by atoms with Gasteiger partial charge in [0.05, 0.1) is 11.5 Å². The largest absolute Gasteiger partial charge is 0.481 e. The van der Waals surface area contributed by atoms with Crippen molar-refractivity contribution in [2.24, 2.45) is 0 Å². The second-order valence-corrected chi connectivity index (χ2v) is 6.82. The average Bonchev–Trinajstić information content (AvgIpc) is 2.55. The summed E-state index contributed by atoms with van der Waals surface area (Å²) in [4.78, 5) is 36.5. The first-order valence-electron chi connectivity index (χ1n) is 7.91. The van der Waals surface area contributed by atoms with Gasteiger partial charge in [-0.2, -0.15) is 0 Å². The predicted molar refractivity (Wildman–Crippen MR) is 93.2 cm³/mol. The Morgan fingerprint density at radius 2 is 1.88 bits per heavy atom. The van der Waals surface area contributed by atoms with E-state index in [2.05, 4.69) is 5.32 Å². The molecule has 24 heavy (non-hydrogen) atoms. The normalized spacial score (nSPS) is 15.1. The van der Waals surface area contributed by atoms with Gasteiger partial charge in [-0.25, -0.2) is 0 Å². The first-order chi connectivity index (χ1) is 11.5. The predicted octanol–water partition coefficient (Wildman–Crippen LogP) is 1.53. The first kappa shape index (κ1) is 18.3. The van der Waals surface area contributed by atoms with E-state index in [1.165, 1.54) is 0 Å². The van der Waals surface area contributed by atoms with Gasteiger partial charge >= 0.3 is 5.97 Å². The number of hydrogen-bond donors (Lipinski definition) is 2. The van der Waals surface area contributed by atoms with Crippen molar-refractivity contribution >= 4 is 29.5 Å². The van der Waals surface area contributed by atoms with Crippen molar-refractivity contribution in [1.29, 1.82) is 0 Å². The molecule has 0 atom stereocenters. The van der Waals surface area contributed by atoms with Gasteiger partial charge in [-0.3, -0.25) is 14.4 Å². The minimum Gasteiger partial charge on any atom is -0.481 e. The fourth-order valence-corrected chi connectivity index (χ4v) is 3.31. The molecule has 1 fully saturated rings. The number of aryl methyl sites for hydroxylation is 1. The highest BCUT2D eigenvalue weighted by Gasteiger charge is 2.24. The summed E-state index contributed by atoms with van der Waals surface area (Å²) in [5, 5.41) is 11.6. The number of thioether (sulfide) groups is 1. The van der Waals surface area contributed by atoms with Gasteiger partial charge in [0.25, 0.3) is 5.91 Å². The molecule has 0 bridgehead atoms. The number of aliphatic carboxylic acids is 1. The van der Waals surface area contributed by atoms with Gasteiger partial charge in [-0.05, 0) is 31.4 Å². The molecule has 0 aliphatic carbocycles. The Labute approximate surface area is 145 Å². The molecule has 1 aromatic carbocycles. The van der Waals surface area contributed by atoms with Crippen LogP contribution in [-0.2, 0) is 9.59 Å². The fraction of sp³-hybridized carbons (Fsp3) is 0.471. The summed E-state index contributed by atoms with van der Waals surface area (Å²) >= 11 is 1.11. The topological polar surface area (TPSA) is 86.7 Å². The van der Waals surface area contributed by atoms with E-state index in [-0.39, 0.29) is 29.4 Å². The van der Waals surface area contributed by atoms with Crippen LogP contribution in [0.15, 0.2) is 24.3 Å². The lowest BCUT2D eigenvalue weighted by Crippen LogP contribution is -2.47. The van der Waals surface area contributed by atoms with Gasteiger partial charge in [-0.15, -0.1) is 11.8 Å². The highest BCUT2D eigenvalue weighted by atomic mass is 32.2. The van der Waals surface area contributed by atoms with Crippen molar-refractivity contribution < 1.29 is 19.5 Å². The van der Waals surface area contributed by atoms with E-state index in [9.17, 15) is 14.4 Å². The quantitative estimate of drug-likeness (QED) is 0.813. The molecule has 1 aliphatic heterocycles. The highest BCUT2D eigenvalue weighted by molar-refractivity contribution is 8.00. The molecule has 2 amide bonds. The SMILES string of the molecule is Cc1ccccc1C(=O)NC1CCN(C(=O)CSCC(=O)O)CC1. The summed E-state index contributed by atoms with van der Waals surface area (Å²) in [5.41, 5.74) is 1.62. The van der Waals surface area contributed by atoms with E-state index >= 15 is 0 Å². The van der Waals surface area contributed by atoms with E-state index in [1.807, 2.05) is 31.2 Å². The van der Waals surface area contributed by atoms with E-state index in [1.54, 1.807) is 4.90 Å². The fourth-order valence-electron chi connectivity index (χ4n) is 2.68. The van der Waals surface area contributed by atoms with Crippen LogP contribution in [-0.4, -0.2) is 58.4 Å². The minimum atomic E-state index is -0.912. The molecule has 0 radical (unpaired) electrons. The van der Waals surface area contributed by atoms with Gasteiger partial charge in [0, 0.05) is 24.7 Å².